The van der Waals surface area contributed by atoms with Crippen molar-refractivity contribution in [1.82, 2.24) is 0 Å². The molecule has 0 bridgehead atoms. The first-order valence-electron chi connectivity index (χ1n) is 3.45. The Morgan fingerprint density at radius 3 is 2.45 bits per heavy atom. The lowest BCUT2D eigenvalue weighted by Gasteiger charge is -2.20. The maximum Gasteiger partial charge on any atom is 0.404 e. The minimum Gasteiger partial charge on any atom is -0.319 e. The summed E-state index contributed by atoms with van der Waals surface area (Å²) in [5, 5.41) is -0.407. The minimum atomic E-state index is -4.22. The number of alkyl halides is 3. The van der Waals surface area contributed by atoms with Crippen LogP contribution in [0, 0.1) is 0 Å². The fourth-order valence-electron chi connectivity index (χ4n) is 1.10. The lowest BCUT2D eigenvalue weighted by molar-refractivity contribution is -0.147. The molecule has 11 heavy (non-hydrogen) atoms. The van der Waals surface area contributed by atoms with E-state index in [0.717, 1.165) is 12.2 Å². The number of thioether (sulfide) groups is 1. The molecule has 2 N–H and O–H groups in total. The first-order chi connectivity index (χ1) is 5.02. The molecular formula is C6H10F3NS. The fraction of sp³-hybridized carbons (Fsp3) is 1.00. The highest BCUT2D eigenvalue weighted by Gasteiger charge is 2.42. The molecule has 1 saturated heterocycles. The summed E-state index contributed by atoms with van der Waals surface area (Å²) in [7, 11) is 0. The van der Waals surface area contributed by atoms with Crippen molar-refractivity contribution >= 4 is 11.8 Å². The molecule has 0 saturated carbocycles. The van der Waals surface area contributed by atoms with E-state index in [1.54, 1.807) is 0 Å². The van der Waals surface area contributed by atoms with Crippen molar-refractivity contribution in [2.24, 2.45) is 5.73 Å². The molecule has 0 aromatic carbocycles. The molecule has 0 aromatic heterocycles. The Bertz CT molecular complexity index is 130. The highest BCUT2D eigenvalue weighted by molar-refractivity contribution is 8.00. The molecule has 1 nitrogen and oxygen atoms in total. The second kappa shape index (κ2) is 3.23. The smallest absolute Gasteiger partial charge is 0.319 e. The minimum absolute atomic E-state index is 0.407. The summed E-state index contributed by atoms with van der Waals surface area (Å²) in [6.07, 6.45) is -2.76. The molecule has 0 amide bonds. The van der Waals surface area contributed by atoms with Crippen LogP contribution in [0.1, 0.15) is 12.8 Å². The van der Waals surface area contributed by atoms with E-state index in [0.29, 0.717) is 6.42 Å². The van der Waals surface area contributed by atoms with Crippen LogP contribution in [-0.4, -0.2) is 23.2 Å². The topological polar surface area (TPSA) is 26.0 Å². The molecule has 1 rings (SSSR count). The van der Waals surface area contributed by atoms with Crippen molar-refractivity contribution in [3.63, 3.8) is 0 Å². The van der Waals surface area contributed by atoms with Crippen molar-refractivity contribution in [2.45, 2.75) is 30.3 Å². The SMILES string of the molecule is NC(C1CCCS1)C(F)(F)F. The maximum absolute atomic E-state index is 12.0. The van der Waals surface area contributed by atoms with Gasteiger partial charge in [0.15, 0.2) is 0 Å². The maximum atomic E-state index is 12.0. The number of nitrogens with two attached hydrogens (primary N) is 1. The summed E-state index contributed by atoms with van der Waals surface area (Å²) >= 11 is 1.33. The average molecular weight is 185 g/mol. The highest BCUT2D eigenvalue weighted by Crippen LogP contribution is 2.34. The van der Waals surface area contributed by atoms with Gasteiger partial charge in [-0.15, -0.1) is 0 Å². The lowest BCUT2D eigenvalue weighted by Crippen LogP contribution is -2.44. The molecule has 2 unspecified atom stereocenters. The molecule has 1 heterocycles. The molecule has 1 aliphatic heterocycles. The van der Waals surface area contributed by atoms with E-state index in [-0.39, 0.29) is 0 Å². The van der Waals surface area contributed by atoms with Gasteiger partial charge in [0.05, 0.1) is 0 Å². The highest BCUT2D eigenvalue weighted by atomic mass is 32.2. The van der Waals surface area contributed by atoms with E-state index < -0.39 is 17.5 Å². The lowest BCUT2D eigenvalue weighted by atomic mass is 10.1. The zero-order chi connectivity index (χ0) is 8.48. The second-order valence-corrected chi connectivity index (χ2v) is 3.97. The molecule has 66 valence electrons. The summed E-state index contributed by atoms with van der Waals surface area (Å²) in [6.45, 7) is 0. The quantitative estimate of drug-likeness (QED) is 0.673. The van der Waals surface area contributed by atoms with E-state index in [2.05, 4.69) is 0 Å². The Morgan fingerprint density at radius 2 is 2.09 bits per heavy atom. The van der Waals surface area contributed by atoms with Gasteiger partial charge in [-0.2, -0.15) is 24.9 Å². The zero-order valence-corrected chi connectivity index (χ0v) is 6.71. The molecule has 0 radical (unpaired) electrons. The van der Waals surface area contributed by atoms with Gasteiger partial charge in [-0.05, 0) is 18.6 Å². The normalized spacial score (nSPS) is 28.9. The van der Waals surface area contributed by atoms with Gasteiger partial charge in [0.25, 0.3) is 0 Å². The molecule has 1 fully saturated rings. The average Bonchev–Trinajstić information content (AvgIpc) is 2.34. The second-order valence-electron chi connectivity index (χ2n) is 2.62. The van der Waals surface area contributed by atoms with Crippen LogP contribution < -0.4 is 5.73 Å². The molecule has 0 aromatic rings. The first kappa shape index (κ1) is 9.19. The Morgan fingerprint density at radius 1 is 1.45 bits per heavy atom. The Kier molecular flexibility index (Phi) is 2.70. The molecular weight excluding hydrogens is 175 g/mol. The van der Waals surface area contributed by atoms with E-state index in [1.807, 2.05) is 0 Å². The molecule has 1 aliphatic rings. The van der Waals surface area contributed by atoms with E-state index in [1.165, 1.54) is 11.8 Å². The van der Waals surface area contributed by atoms with Crippen molar-refractivity contribution < 1.29 is 13.2 Å². The van der Waals surface area contributed by atoms with Crippen molar-refractivity contribution in [3.8, 4) is 0 Å². The van der Waals surface area contributed by atoms with E-state index in [4.69, 9.17) is 5.73 Å². The number of hydrogen-bond donors (Lipinski definition) is 1. The van der Waals surface area contributed by atoms with Crippen molar-refractivity contribution in [2.75, 3.05) is 5.75 Å². The van der Waals surface area contributed by atoms with Crippen LogP contribution in [0.2, 0.25) is 0 Å². The third-order valence-electron chi connectivity index (χ3n) is 1.74. The monoisotopic (exact) mass is 185 g/mol. The van der Waals surface area contributed by atoms with Gasteiger partial charge in [0, 0.05) is 5.25 Å². The third kappa shape index (κ3) is 2.27. The third-order valence-corrected chi connectivity index (χ3v) is 3.22. The molecule has 0 spiro atoms. The van der Waals surface area contributed by atoms with Crippen molar-refractivity contribution in [1.29, 1.82) is 0 Å². The summed E-state index contributed by atoms with van der Waals surface area (Å²) in [4.78, 5) is 0. The summed E-state index contributed by atoms with van der Waals surface area (Å²) in [6, 6.07) is -1.63. The Hall–Kier alpha value is 0.100. The van der Waals surface area contributed by atoms with Crippen LogP contribution in [0.4, 0.5) is 13.2 Å². The van der Waals surface area contributed by atoms with Gasteiger partial charge in [-0.25, -0.2) is 0 Å². The van der Waals surface area contributed by atoms with Crippen LogP contribution in [0.5, 0.6) is 0 Å². The summed E-state index contributed by atoms with van der Waals surface area (Å²) in [5.41, 5.74) is 5.01. The van der Waals surface area contributed by atoms with Crippen LogP contribution in [0.25, 0.3) is 0 Å². The van der Waals surface area contributed by atoms with Crippen LogP contribution >= 0.6 is 11.8 Å². The standard InChI is InChI=1S/C6H10F3NS/c7-6(8,9)5(10)4-2-1-3-11-4/h4-5H,1-3,10H2. The van der Waals surface area contributed by atoms with Crippen LogP contribution in [0.3, 0.4) is 0 Å². The fourth-order valence-corrected chi connectivity index (χ4v) is 2.43. The number of halogens is 3. The van der Waals surface area contributed by atoms with Crippen LogP contribution in [-0.2, 0) is 0 Å². The summed E-state index contributed by atoms with van der Waals surface area (Å²) in [5.74, 6) is 0.814. The van der Waals surface area contributed by atoms with E-state index in [9.17, 15) is 13.2 Å². The van der Waals surface area contributed by atoms with Gasteiger partial charge in [-0.3, -0.25) is 0 Å². The first-order valence-corrected chi connectivity index (χ1v) is 4.50. The van der Waals surface area contributed by atoms with Gasteiger partial charge in [0.2, 0.25) is 0 Å². The predicted molar refractivity (Wildman–Crippen MR) is 39.5 cm³/mol. The summed E-state index contributed by atoms with van der Waals surface area (Å²) < 4.78 is 35.9. The Balaban J connectivity index is 2.46. The van der Waals surface area contributed by atoms with Gasteiger partial charge < -0.3 is 5.73 Å². The van der Waals surface area contributed by atoms with Crippen molar-refractivity contribution in [3.05, 3.63) is 0 Å². The Labute approximate surface area is 67.5 Å². The molecule has 5 heteroatoms. The van der Waals surface area contributed by atoms with E-state index >= 15 is 0 Å². The zero-order valence-electron chi connectivity index (χ0n) is 5.90. The number of hydrogen-bond acceptors (Lipinski definition) is 2. The van der Waals surface area contributed by atoms with Crippen LogP contribution in [0.15, 0.2) is 0 Å². The molecule has 0 aliphatic carbocycles. The predicted octanol–water partition coefficient (Wildman–Crippen LogP) is 1.77. The number of rotatable bonds is 1. The largest absolute Gasteiger partial charge is 0.404 e. The molecule has 2 atom stereocenters. The van der Waals surface area contributed by atoms with Gasteiger partial charge in [-0.1, -0.05) is 0 Å². The van der Waals surface area contributed by atoms with Gasteiger partial charge in [0.1, 0.15) is 6.04 Å². The van der Waals surface area contributed by atoms with Gasteiger partial charge >= 0.3 is 6.18 Å².